The third kappa shape index (κ3) is 14.0. The van der Waals surface area contributed by atoms with E-state index in [4.69, 9.17) is 0 Å². The molecule has 0 heterocycles. The average Bonchev–Trinajstić information content (AvgIpc) is 2.39. The number of rotatable bonds is 13. The Labute approximate surface area is 123 Å². The van der Waals surface area contributed by atoms with Gasteiger partial charge in [-0.1, -0.05) is 88.7 Å². The molecule has 0 atom stereocenters. The highest BCUT2D eigenvalue weighted by Gasteiger charge is 1.95. The first-order valence-corrected chi connectivity index (χ1v) is 8.81. The zero-order valence-electron chi connectivity index (χ0n) is 14.2. The molecule has 0 nitrogen and oxygen atoms in total. The molecule has 0 amide bonds. The van der Waals surface area contributed by atoms with E-state index in [-0.39, 0.29) is 0 Å². The van der Waals surface area contributed by atoms with Crippen molar-refractivity contribution >= 4 is 0 Å². The lowest BCUT2D eigenvalue weighted by Gasteiger charge is -2.04. The van der Waals surface area contributed by atoms with Crippen LogP contribution in [0.4, 0.5) is 0 Å². The Balaban J connectivity index is 3.09. The van der Waals surface area contributed by atoms with E-state index >= 15 is 0 Å². The highest BCUT2D eigenvalue weighted by atomic mass is 14.0. The summed E-state index contributed by atoms with van der Waals surface area (Å²) in [6, 6.07) is 0. The summed E-state index contributed by atoms with van der Waals surface area (Å²) in [5, 5.41) is 0. The molecule has 0 radical (unpaired) electrons. The summed E-state index contributed by atoms with van der Waals surface area (Å²) in [4.78, 5) is 0. The van der Waals surface area contributed by atoms with Crippen LogP contribution in [-0.4, -0.2) is 0 Å². The van der Waals surface area contributed by atoms with Gasteiger partial charge in [-0.15, -0.1) is 0 Å². The molecule has 0 aromatic rings. The van der Waals surface area contributed by atoms with Gasteiger partial charge in [-0.05, 0) is 33.6 Å². The molecule has 0 saturated heterocycles. The number of unbranched alkanes of at least 4 members (excludes halogenated alkanes) is 11. The predicted octanol–water partition coefficient (Wildman–Crippen LogP) is 7.43. The standard InChI is InChI=1S/C19H38/c1-5-6-7-8-9-10-11-12-13-14-15-16-17-19(4)18(2)3/h5-17H2,1-4H3. The maximum absolute atomic E-state index is 2.29. The summed E-state index contributed by atoms with van der Waals surface area (Å²) in [6.45, 7) is 9.04. The first kappa shape index (κ1) is 18.7. The van der Waals surface area contributed by atoms with Gasteiger partial charge in [0.2, 0.25) is 0 Å². The van der Waals surface area contributed by atoms with Crippen molar-refractivity contribution in [1.29, 1.82) is 0 Å². The molecule has 0 fully saturated rings. The monoisotopic (exact) mass is 266 g/mol. The van der Waals surface area contributed by atoms with Crippen LogP contribution in [0.25, 0.3) is 0 Å². The third-order valence-corrected chi connectivity index (χ3v) is 4.26. The van der Waals surface area contributed by atoms with Crippen LogP contribution in [-0.2, 0) is 0 Å². The van der Waals surface area contributed by atoms with Gasteiger partial charge in [-0.25, -0.2) is 0 Å². The quantitative estimate of drug-likeness (QED) is 0.240. The van der Waals surface area contributed by atoms with Crippen LogP contribution in [0.15, 0.2) is 11.1 Å². The summed E-state index contributed by atoms with van der Waals surface area (Å²) in [7, 11) is 0. The average molecular weight is 267 g/mol. The van der Waals surface area contributed by atoms with E-state index < -0.39 is 0 Å². The second kappa shape index (κ2) is 14.2. The first-order chi connectivity index (χ1) is 9.18. The Morgan fingerprint density at radius 2 is 0.895 bits per heavy atom. The third-order valence-electron chi connectivity index (χ3n) is 4.26. The summed E-state index contributed by atoms with van der Waals surface area (Å²) in [5.74, 6) is 0. The Bertz CT molecular complexity index is 208. The van der Waals surface area contributed by atoms with Crippen LogP contribution in [0, 0.1) is 0 Å². The van der Waals surface area contributed by atoms with Crippen molar-refractivity contribution in [2.45, 2.75) is 111 Å². The minimum absolute atomic E-state index is 1.32. The van der Waals surface area contributed by atoms with Gasteiger partial charge in [-0.2, -0.15) is 0 Å². The Kier molecular flexibility index (Phi) is 14.0. The number of hydrogen-bond donors (Lipinski definition) is 0. The number of hydrogen-bond acceptors (Lipinski definition) is 0. The van der Waals surface area contributed by atoms with Crippen LogP contribution >= 0.6 is 0 Å². The van der Waals surface area contributed by atoms with Gasteiger partial charge in [0.1, 0.15) is 0 Å². The van der Waals surface area contributed by atoms with Crippen molar-refractivity contribution in [1.82, 2.24) is 0 Å². The number of allylic oxidation sites excluding steroid dienone is 2. The Hall–Kier alpha value is -0.260. The molecule has 0 aromatic carbocycles. The van der Waals surface area contributed by atoms with Gasteiger partial charge in [0.25, 0.3) is 0 Å². The fourth-order valence-electron chi connectivity index (χ4n) is 2.48. The maximum Gasteiger partial charge on any atom is -0.0321 e. The van der Waals surface area contributed by atoms with Crippen molar-refractivity contribution in [2.75, 3.05) is 0 Å². The molecule has 0 spiro atoms. The van der Waals surface area contributed by atoms with E-state index in [1.54, 1.807) is 5.57 Å². The molecule has 0 bridgehead atoms. The van der Waals surface area contributed by atoms with E-state index in [9.17, 15) is 0 Å². The largest absolute Gasteiger partial charge is 0.0775 e. The van der Waals surface area contributed by atoms with Crippen molar-refractivity contribution in [3.8, 4) is 0 Å². The first-order valence-electron chi connectivity index (χ1n) is 8.81. The lowest BCUT2D eigenvalue weighted by molar-refractivity contribution is 0.543. The van der Waals surface area contributed by atoms with Gasteiger partial charge < -0.3 is 0 Å². The lowest BCUT2D eigenvalue weighted by atomic mass is 10.0. The summed E-state index contributed by atoms with van der Waals surface area (Å²) in [6.07, 6.45) is 18.7. The predicted molar refractivity (Wildman–Crippen MR) is 89.7 cm³/mol. The molecule has 0 saturated carbocycles. The molecule has 0 aliphatic rings. The normalized spacial score (nSPS) is 10.7. The van der Waals surface area contributed by atoms with E-state index in [0.29, 0.717) is 0 Å². The fourth-order valence-corrected chi connectivity index (χ4v) is 2.48. The van der Waals surface area contributed by atoms with Crippen LogP contribution in [0.2, 0.25) is 0 Å². The smallest absolute Gasteiger partial charge is 0.0321 e. The highest BCUT2D eigenvalue weighted by molar-refractivity contribution is 5.06. The van der Waals surface area contributed by atoms with E-state index in [1.165, 1.54) is 89.0 Å². The van der Waals surface area contributed by atoms with Gasteiger partial charge in [0.05, 0.1) is 0 Å². The van der Waals surface area contributed by atoms with Gasteiger partial charge in [0, 0.05) is 0 Å². The van der Waals surface area contributed by atoms with Crippen LogP contribution in [0.1, 0.15) is 111 Å². The highest BCUT2D eigenvalue weighted by Crippen LogP contribution is 2.15. The van der Waals surface area contributed by atoms with Gasteiger partial charge in [-0.3, -0.25) is 0 Å². The molecule has 0 aliphatic heterocycles. The molecular formula is C19H38. The molecule has 0 aliphatic carbocycles. The second-order valence-electron chi connectivity index (χ2n) is 6.42. The van der Waals surface area contributed by atoms with Crippen molar-refractivity contribution < 1.29 is 0 Å². The minimum Gasteiger partial charge on any atom is -0.0775 e. The van der Waals surface area contributed by atoms with E-state index in [1.807, 2.05) is 0 Å². The lowest BCUT2D eigenvalue weighted by Crippen LogP contribution is -1.84. The molecule has 0 aromatic heterocycles. The van der Waals surface area contributed by atoms with E-state index in [2.05, 4.69) is 27.7 Å². The molecule has 114 valence electrons. The Morgan fingerprint density at radius 3 is 1.26 bits per heavy atom. The summed E-state index contributed by atoms with van der Waals surface area (Å²) >= 11 is 0. The van der Waals surface area contributed by atoms with Gasteiger partial charge in [0.15, 0.2) is 0 Å². The molecular weight excluding hydrogens is 228 g/mol. The molecule has 0 N–H and O–H groups in total. The van der Waals surface area contributed by atoms with Crippen LogP contribution in [0.5, 0.6) is 0 Å². The molecule has 0 rings (SSSR count). The van der Waals surface area contributed by atoms with Crippen molar-refractivity contribution in [2.24, 2.45) is 0 Å². The molecule has 0 unspecified atom stereocenters. The SMILES string of the molecule is CCCCCCCCCCCCCCC(C)=C(C)C. The molecule has 0 heteroatoms. The van der Waals surface area contributed by atoms with Crippen LogP contribution in [0.3, 0.4) is 0 Å². The van der Waals surface area contributed by atoms with Crippen molar-refractivity contribution in [3.63, 3.8) is 0 Å². The maximum atomic E-state index is 2.29. The Morgan fingerprint density at radius 1 is 0.526 bits per heavy atom. The topological polar surface area (TPSA) is 0 Å². The van der Waals surface area contributed by atoms with E-state index in [0.717, 1.165) is 0 Å². The fraction of sp³-hybridized carbons (Fsp3) is 0.895. The summed E-state index contributed by atoms with van der Waals surface area (Å²) < 4.78 is 0. The zero-order chi connectivity index (χ0) is 14.3. The second-order valence-corrected chi connectivity index (χ2v) is 6.42. The van der Waals surface area contributed by atoms with Crippen molar-refractivity contribution in [3.05, 3.63) is 11.1 Å². The summed E-state index contributed by atoms with van der Waals surface area (Å²) in [5.41, 5.74) is 3.12. The van der Waals surface area contributed by atoms with Gasteiger partial charge >= 0.3 is 0 Å². The van der Waals surface area contributed by atoms with Crippen LogP contribution < -0.4 is 0 Å². The zero-order valence-corrected chi connectivity index (χ0v) is 14.2. The molecule has 19 heavy (non-hydrogen) atoms. The minimum atomic E-state index is 1.32.